The fraction of sp³-hybridized carbons (Fsp3) is 0.200. The van der Waals surface area contributed by atoms with Gasteiger partial charge in [-0.05, 0) is 35.7 Å². The SMILES string of the molecule is CC(C)c1cccc(NC(=O)Cc2csc(-c3cccc(F)c3)n2)c1. The maximum Gasteiger partial charge on any atom is 0.230 e. The van der Waals surface area contributed by atoms with Gasteiger partial charge in [0.2, 0.25) is 5.91 Å². The van der Waals surface area contributed by atoms with Crippen LogP contribution in [0.5, 0.6) is 0 Å². The van der Waals surface area contributed by atoms with Crippen LogP contribution in [0, 0.1) is 5.82 Å². The Kier molecular flexibility index (Phi) is 5.24. The summed E-state index contributed by atoms with van der Waals surface area (Å²) < 4.78 is 13.3. The Labute approximate surface area is 150 Å². The summed E-state index contributed by atoms with van der Waals surface area (Å²) in [5.74, 6) is -0.00163. The third-order valence-electron chi connectivity index (χ3n) is 3.80. The first-order valence-electron chi connectivity index (χ1n) is 8.11. The highest BCUT2D eigenvalue weighted by atomic mass is 32.1. The summed E-state index contributed by atoms with van der Waals surface area (Å²) in [6.07, 6.45) is 0.192. The number of nitrogens with one attached hydrogen (secondary N) is 1. The summed E-state index contributed by atoms with van der Waals surface area (Å²) in [7, 11) is 0. The summed E-state index contributed by atoms with van der Waals surface area (Å²) >= 11 is 1.41. The van der Waals surface area contributed by atoms with Gasteiger partial charge in [0.05, 0.1) is 12.1 Å². The molecule has 1 N–H and O–H groups in total. The molecule has 0 atom stereocenters. The zero-order chi connectivity index (χ0) is 17.8. The van der Waals surface area contributed by atoms with Crippen LogP contribution in [0.15, 0.2) is 53.9 Å². The number of carbonyl (C=O) groups is 1. The Bertz CT molecular complexity index is 889. The van der Waals surface area contributed by atoms with E-state index >= 15 is 0 Å². The smallest absolute Gasteiger partial charge is 0.230 e. The van der Waals surface area contributed by atoms with Crippen LogP contribution < -0.4 is 5.32 Å². The van der Waals surface area contributed by atoms with Gasteiger partial charge in [0.15, 0.2) is 0 Å². The predicted molar refractivity (Wildman–Crippen MR) is 100 cm³/mol. The fourth-order valence-corrected chi connectivity index (χ4v) is 3.30. The average molecular weight is 354 g/mol. The Morgan fingerprint density at radius 3 is 2.76 bits per heavy atom. The van der Waals surface area contributed by atoms with E-state index in [0.29, 0.717) is 16.6 Å². The molecule has 2 aromatic carbocycles. The van der Waals surface area contributed by atoms with Crippen molar-refractivity contribution in [2.24, 2.45) is 0 Å². The van der Waals surface area contributed by atoms with Gasteiger partial charge in [-0.1, -0.05) is 38.1 Å². The normalized spacial score (nSPS) is 10.9. The second kappa shape index (κ2) is 7.57. The first kappa shape index (κ1) is 17.3. The van der Waals surface area contributed by atoms with E-state index in [-0.39, 0.29) is 18.1 Å². The molecule has 3 nitrogen and oxygen atoms in total. The van der Waals surface area contributed by atoms with E-state index in [1.54, 1.807) is 6.07 Å². The molecule has 1 amide bonds. The molecule has 0 aliphatic carbocycles. The minimum Gasteiger partial charge on any atom is -0.326 e. The van der Waals surface area contributed by atoms with Crippen molar-refractivity contribution in [1.82, 2.24) is 4.98 Å². The van der Waals surface area contributed by atoms with E-state index in [1.807, 2.05) is 35.7 Å². The van der Waals surface area contributed by atoms with Gasteiger partial charge in [-0.2, -0.15) is 0 Å². The molecule has 0 bridgehead atoms. The molecule has 5 heteroatoms. The van der Waals surface area contributed by atoms with Crippen LogP contribution in [0.25, 0.3) is 10.6 Å². The highest BCUT2D eigenvalue weighted by Crippen LogP contribution is 2.25. The van der Waals surface area contributed by atoms with Gasteiger partial charge in [0.1, 0.15) is 10.8 Å². The van der Waals surface area contributed by atoms with Crippen molar-refractivity contribution in [3.05, 3.63) is 71.0 Å². The predicted octanol–water partition coefficient (Wildman–Crippen LogP) is 5.25. The topological polar surface area (TPSA) is 42.0 Å². The molecule has 0 spiro atoms. The maximum atomic E-state index is 13.3. The molecular weight excluding hydrogens is 335 g/mol. The maximum absolute atomic E-state index is 13.3. The van der Waals surface area contributed by atoms with Crippen molar-refractivity contribution in [2.45, 2.75) is 26.2 Å². The van der Waals surface area contributed by atoms with Crippen LogP contribution in [0.2, 0.25) is 0 Å². The van der Waals surface area contributed by atoms with Gasteiger partial charge in [-0.15, -0.1) is 11.3 Å². The summed E-state index contributed by atoms with van der Waals surface area (Å²) in [6, 6.07) is 14.2. The van der Waals surface area contributed by atoms with Crippen molar-refractivity contribution in [2.75, 3.05) is 5.32 Å². The van der Waals surface area contributed by atoms with Gasteiger partial charge in [-0.3, -0.25) is 4.79 Å². The Balaban J connectivity index is 1.67. The zero-order valence-electron chi connectivity index (χ0n) is 14.1. The summed E-state index contributed by atoms with van der Waals surface area (Å²) in [5.41, 5.74) is 3.37. The van der Waals surface area contributed by atoms with E-state index in [0.717, 1.165) is 11.3 Å². The second-order valence-electron chi connectivity index (χ2n) is 6.16. The van der Waals surface area contributed by atoms with Crippen LogP contribution in [-0.4, -0.2) is 10.9 Å². The second-order valence-corrected chi connectivity index (χ2v) is 7.02. The number of anilines is 1. The Morgan fingerprint density at radius 1 is 1.20 bits per heavy atom. The number of halogens is 1. The molecular formula is C20H19FN2OS. The molecule has 0 radical (unpaired) electrons. The average Bonchev–Trinajstić information content (AvgIpc) is 3.03. The molecule has 25 heavy (non-hydrogen) atoms. The minimum atomic E-state index is -0.294. The number of aromatic nitrogens is 1. The van der Waals surface area contributed by atoms with Gasteiger partial charge < -0.3 is 5.32 Å². The van der Waals surface area contributed by atoms with Gasteiger partial charge >= 0.3 is 0 Å². The molecule has 0 fully saturated rings. The number of thiazole rings is 1. The third-order valence-corrected chi connectivity index (χ3v) is 4.74. The fourth-order valence-electron chi connectivity index (χ4n) is 2.49. The molecule has 0 saturated carbocycles. The quantitative estimate of drug-likeness (QED) is 0.679. The number of hydrogen-bond acceptors (Lipinski definition) is 3. The van der Waals surface area contributed by atoms with Crippen molar-refractivity contribution in [3.8, 4) is 10.6 Å². The van der Waals surface area contributed by atoms with E-state index < -0.39 is 0 Å². The molecule has 0 unspecified atom stereocenters. The zero-order valence-corrected chi connectivity index (χ0v) is 14.9. The minimum absolute atomic E-state index is 0.114. The van der Waals surface area contributed by atoms with Crippen molar-refractivity contribution in [1.29, 1.82) is 0 Å². The molecule has 128 valence electrons. The van der Waals surface area contributed by atoms with Gasteiger partial charge in [0.25, 0.3) is 0 Å². The number of hydrogen-bond donors (Lipinski definition) is 1. The lowest BCUT2D eigenvalue weighted by molar-refractivity contribution is -0.115. The van der Waals surface area contributed by atoms with E-state index in [4.69, 9.17) is 0 Å². The molecule has 0 aliphatic heterocycles. The number of nitrogens with zero attached hydrogens (tertiary/aromatic N) is 1. The third kappa shape index (κ3) is 4.51. The van der Waals surface area contributed by atoms with Gasteiger partial charge in [-0.25, -0.2) is 9.37 Å². The molecule has 1 heterocycles. The largest absolute Gasteiger partial charge is 0.326 e. The molecule has 3 aromatic rings. The standard InChI is InChI=1S/C20H19FN2OS/c1-13(2)14-5-4-8-17(10-14)22-19(24)11-18-12-25-20(23-18)15-6-3-7-16(21)9-15/h3-10,12-13H,11H2,1-2H3,(H,22,24). The van der Waals surface area contributed by atoms with Crippen LogP contribution in [0.4, 0.5) is 10.1 Å². The highest BCUT2D eigenvalue weighted by molar-refractivity contribution is 7.13. The lowest BCUT2D eigenvalue weighted by Crippen LogP contribution is -2.14. The van der Waals surface area contributed by atoms with Crippen LogP contribution in [0.3, 0.4) is 0 Å². The highest BCUT2D eigenvalue weighted by Gasteiger charge is 2.10. The Hall–Kier alpha value is -2.53. The van der Waals surface area contributed by atoms with E-state index in [2.05, 4.69) is 24.1 Å². The first-order valence-corrected chi connectivity index (χ1v) is 8.99. The van der Waals surface area contributed by atoms with Crippen molar-refractivity contribution >= 4 is 22.9 Å². The summed E-state index contributed by atoms with van der Waals surface area (Å²) in [4.78, 5) is 16.7. The molecule has 1 aromatic heterocycles. The summed E-state index contributed by atoms with van der Waals surface area (Å²) in [6.45, 7) is 4.23. The molecule has 0 saturated heterocycles. The number of amides is 1. The van der Waals surface area contributed by atoms with E-state index in [1.165, 1.54) is 29.0 Å². The van der Waals surface area contributed by atoms with Crippen LogP contribution in [0.1, 0.15) is 31.0 Å². The number of rotatable bonds is 5. The molecule has 3 rings (SSSR count). The number of carbonyl (C=O) groups excluding carboxylic acids is 1. The monoisotopic (exact) mass is 354 g/mol. The van der Waals surface area contributed by atoms with Crippen molar-refractivity contribution < 1.29 is 9.18 Å². The van der Waals surface area contributed by atoms with Crippen LogP contribution in [-0.2, 0) is 11.2 Å². The Morgan fingerprint density at radius 2 is 2.00 bits per heavy atom. The lowest BCUT2D eigenvalue weighted by Gasteiger charge is -2.09. The summed E-state index contributed by atoms with van der Waals surface area (Å²) in [5, 5.41) is 5.46. The van der Waals surface area contributed by atoms with E-state index in [9.17, 15) is 9.18 Å². The van der Waals surface area contributed by atoms with Gasteiger partial charge in [0, 0.05) is 16.6 Å². The first-order chi connectivity index (χ1) is 12.0. The molecule has 0 aliphatic rings. The van der Waals surface area contributed by atoms with Crippen LogP contribution >= 0.6 is 11.3 Å². The number of benzene rings is 2. The van der Waals surface area contributed by atoms with Crippen molar-refractivity contribution in [3.63, 3.8) is 0 Å². The lowest BCUT2D eigenvalue weighted by atomic mass is 10.0.